The minimum absolute atomic E-state index is 0.384. The number of amidine groups is 1. The Morgan fingerprint density at radius 2 is 1.39 bits per heavy atom. The number of benzene rings is 1. The quantitative estimate of drug-likeness (QED) is 0.119. The van der Waals surface area contributed by atoms with E-state index in [4.69, 9.17) is 9.88 Å². The molecule has 0 aliphatic rings. The van der Waals surface area contributed by atoms with E-state index in [1.807, 2.05) is 101 Å². The Balaban J connectivity index is 0.000000861. The van der Waals surface area contributed by atoms with Gasteiger partial charge in [-0.25, -0.2) is 10.0 Å². The van der Waals surface area contributed by atoms with Gasteiger partial charge in [-0.15, -0.1) is 15.1 Å². The van der Waals surface area contributed by atoms with Gasteiger partial charge in [0.05, 0.1) is 0 Å². The topological polar surface area (TPSA) is 68.4 Å². The molecule has 0 bridgehead atoms. The molecule has 0 amide bonds. The first-order chi connectivity index (χ1) is 14.2. The number of hydrogen-bond donors (Lipinski definition) is 0. The molecule has 0 saturated carbocycles. The van der Waals surface area contributed by atoms with Crippen molar-refractivity contribution in [3.63, 3.8) is 0 Å². The molecule has 0 fully saturated rings. The maximum absolute atomic E-state index is 9.75. The molecule has 2 rings (SSSR count). The average Bonchev–Trinajstić information content (AvgIpc) is 3.00. The summed E-state index contributed by atoms with van der Waals surface area (Å²) in [7, 11) is 9.20. The number of halogens is 4. The van der Waals surface area contributed by atoms with E-state index in [0.29, 0.717) is 17.1 Å². The number of hydrogen-bond acceptors (Lipinski definition) is 8. The Kier molecular flexibility index (Phi) is 9.11. The summed E-state index contributed by atoms with van der Waals surface area (Å²) in [5.41, 5.74) is 1.42. The summed E-state index contributed by atoms with van der Waals surface area (Å²) in [5.74, 6) is 0. The van der Waals surface area contributed by atoms with Gasteiger partial charge in [-0.05, 0) is 27.0 Å². The van der Waals surface area contributed by atoms with Crippen molar-refractivity contribution in [2.24, 2.45) is 0 Å². The Bertz CT molecular complexity index is 834. The molecular weight excluding hydrogens is 425 g/mol. The maximum atomic E-state index is 9.75. The molecule has 0 radical (unpaired) electrons. The first-order valence-electron chi connectivity index (χ1n) is 8.93. The highest BCUT2D eigenvalue weighted by Crippen LogP contribution is 2.09. The minimum Gasteiger partial charge on any atom is -0.418 e. The van der Waals surface area contributed by atoms with Gasteiger partial charge in [0.2, 0.25) is 0 Å². The van der Waals surface area contributed by atoms with Gasteiger partial charge in [-0.2, -0.15) is 9.88 Å². The lowest BCUT2D eigenvalue weighted by atomic mass is 10.3. The lowest BCUT2D eigenvalue weighted by molar-refractivity contribution is -0.809. The molecule has 0 unspecified atom stereocenters. The largest absolute Gasteiger partial charge is 0.673 e. The van der Waals surface area contributed by atoms with Gasteiger partial charge in [0, 0.05) is 56.4 Å². The molecule has 0 N–H and O–H groups in total. The monoisotopic (exact) mass is 453 g/mol. The van der Waals surface area contributed by atoms with Crippen LogP contribution >= 0.6 is 0 Å². The number of fused-ring (bicyclic) bond motifs is 1. The molecule has 0 aliphatic heterocycles. The van der Waals surface area contributed by atoms with Gasteiger partial charge in [-0.1, -0.05) is 17.3 Å². The van der Waals surface area contributed by atoms with Gasteiger partial charge < -0.3 is 17.3 Å². The second-order valence-electron chi connectivity index (χ2n) is 6.85. The van der Waals surface area contributed by atoms with Crippen LogP contribution in [0.25, 0.3) is 11.0 Å². The molecule has 176 valence electrons. The predicted octanol–water partition coefficient (Wildman–Crippen LogP) is 0.668. The summed E-state index contributed by atoms with van der Waals surface area (Å²) in [4.78, 5) is 14.3. The second-order valence-corrected chi connectivity index (χ2v) is 6.85. The standard InChI is InChI=1S/C15H28N9O2.BF4/c1-18(2)23(19(3)4)15(24(20(5)6)21(7)8)25-26-22-14-12-10-9-11-13(14)16-17-22;2-1(3,4)5/h9-12H,1-8H3;/q+1;-1. The molecule has 11 nitrogen and oxygen atoms in total. The second kappa shape index (κ2) is 10.9. The molecule has 1 heterocycles. The number of hydrazine groups is 4. The average molecular weight is 453 g/mol. The van der Waals surface area contributed by atoms with E-state index in [0.717, 1.165) is 0 Å². The van der Waals surface area contributed by atoms with Crippen molar-refractivity contribution in [3.8, 4) is 0 Å². The van der Waals surface area contributed by atoms with Crippen molar-refractivity contribution < 1.29 is 31.9 Å². The van der Waals surface area contributed by atoms with Crippen LogP contribution in [0.4, 0.5) is 17.3 Å². The first kappa shape index (κ1) is 26.0. The highest BCUT2D eigenvalue weighted by atomic mass is 19.5. The number of rotatable bonds is 6. The lowest BCUT2D eigenvalue weighted by Gasteiger charge is -2.30. The SMILES string of the molecule is CN(C)N(C(OOn1nnc2ccccc21)=[N+](N(C)C)N(C)C)N(C)C.F[B-](F)(F)F. The lowest BCUT2D eigenvalue weighted by Crippen LogP contribution is -2.58. The first-order valence-corrected chi connectivity index (χ1v) is 8.93. The van der Waals surface area contributed by atoms with Crippen LogP contribution in [0.2, 0.25) is 0 Å². The van der Waals surface area contributed by atoms with E-state index >= 15 is 0 Å². The van der Waals surface area contributed by atoms with Gasteiger partial charge in [0.1, 0.15) is 11.0 Å². The van der Waals surface area contributed by atoms with Gasteiger partial charge in [-0.3, -0.25) is 0 Å². The van der Waals surface area contributed by atoms with Crippen molar-refractivity contribution in [1.29, 1.82) is 0 Å². The van der Waals surface area contributed by atoms with E-state index in [2.05, 4.69) is 10.3 Å². The maximum Gasteiger partial charge on any atom is 0.673 e. The summed E-state index contributed by atoms with van der Waals surface area (Å²) >= 11 is 0. The van der Waals surface area contributed by atoms with Crippen LogP contribution in [0.3, 0.4) is 0 Å². The van der Waals surface area contributed by atoms with Crippen LogP contribution in [0.1, 0.15) is 0 Å². The van der Waals surface area contributed by atoms with Crippen molar-refractivity contribution in [3.05, 3.63) is 24.3 Å². The third-order valence-electron chi connectivity index (χ3n) is 3.36. The highest BCUT2D eigenvalue weighted by Gasteiger charge is 2.36. The molecule has 0 aliphatic carbocycles. The van der Waals surface area contributed by atoms with Gasteiger partial charge in [0.15, 0.2) is 0 Å². The minimum atomic E-state index is -6.00. The van der Waals surface area contributed by atoms with Crippen molar-refractivity contribution >= 4 is 24.3 Å². The zero-order valence-corrected chi connectivity index (χ0v) is 18.7. The van der Waals surface area contributed by atoms with Crippen molar-refractivity contribution in [1.82, 2.24) is 40.3 Å². The third-order valence-corrected chi connectivity index (χ3v) is 3.36. The van der Waals surface area contributed by atoms with E-state index in [1.165, 1.54) is 4.85 Å². The fourth-order valence-corrected chi connectivity index (χ4v) is 2.52. The van der Waals surface area contributed by atoms with Crippen LogP contribution < -0.4 is 4.99 Å². The Hall–Kier alpha value is -3.01. The molecule has 2 aromatic rings. The summed E-state index contributed by atoms with van der Waals surface area (Å²) in [5, 5.41) is 17.3. The van der Waals surface area contributed by atoms with Crippen LogP contribution in [-0.4, -0.2) is 115 Å². The van der Waals surface area contributed by atoms with Gasteiger partial charge in [0.25, 0.3) is 0 Å². The molecule has 1 aromatic heterocycles. The third kappa shape index (κ3) is 7.97. The molecule has 0 spiro atoms. The molecule has 1 aromatic carbocycles. The zero-order valence-electron chi connectivity index (χ0n) is 18.7. The predicted molar refractivity (Wildman–Crippen MR) is 107 cm³/mol. The van der Waals surface area contributed by atoms with Crippen molar-refractivity contribution in [2.75, 3.05) is 56.4 Å². The number of hydrazone groups is 2. The Morgan fingerprint density at radius 3 is 1.84 bits per heavy atom. The fourth-order valence-electron chi connectivity index (χ4n) is 2.52. The molecule has 31 heavy (non-hydrogen) atoms. The van der Waals surface area contributed by atoms with Crippen LogP contribution in [-0.2, 0) is 4.89 Å². The highest BCUT2D eigenvalue weighted by molar-refractivity contribution is 6.50. The van der Waals surface area contributed by atoms with Gasteiger partial charge >= 0.3 is 13.3 Å². The zero-order chi connectivity index (χ0) is 23.9. The van der Waals surface area contributed by atoms with Crippen molar-refractivity contribution in [2.45, 2.75) is 0 Å². The van der Waals surface area contributed by atoms with E-state index in [1.54, 1.807) is 9.91 Å². The molecule has 0 atom stereocenters. The summed E-state index contributed by atoms with van der Waals surface area (Å²) < 4.78 is 39.0. The summed E-state index contributed by atoms with van der Waals surface area (Å²) in [6, 6.07) is 7.86. The van der Waals surface area contributed by atoms with Crippen LogP contribution in [0, 0.1) is 0 Å². The number of nitrogens with zero attached hydrogens (tertiary/aromatic N) is 9. The van der Waals surface area contributed by atoms with Crippen LogP contribution in [0.15, 0.2) is 24.3 Å². The number of aromatic nitrogens is 3. The van der Waals surface area contributed by atoms with E-state index in [9.17, 15) is 17.3 Å². The summed E-state index contributed by atoms with van der Waals surface area (Å²) in [6.07, 6.45) is 0. The smallest absolute Gasteiger partial charge is 0.418 e. The fraction of sp³-hybridized carbons (Fsp3) is 0.533. The summed E-state index contributed by atoms with van der Waals surface area (Å²) in [6.45, 7) is 0. The molecular formula is C15H28BF4N9O2. The normalized spacial score (nSPS) is 11.2. The van der Waals surface area contributed by atoms with Crippen LogP contribution in [0.5, 0.6) is 0 Å². The molecule has 16 heteroatoms. The van der Waals surface area contributed by atoms with E-state index < -0.39 is 7.25 Å². The number of para-hydroxylation sites is 1. The van der Waals surface area contributed by atoms with E-state index in [-0.39, 0.29) is 0 Å². The Labute approximate surface area is 178 Å². The molecule has 0 saturated heterocycles. The Morgan fingerprint density at radius 1 is 0.903 bits per heavy atom.